The van der Waals surface area contributed by atoms with Crippen LogP contribution in [-0.4, -0.2) is 21.3 Å². The van der Waals surface area contributed by atoms with Crippen molar-refractivity contribution in [3.05, 3.63) is 69.9 Å². The van der Waals surface area contributed by atoms with Crippen LogP contribution in [0.5, 0.6) is 5.88 Å². The Balaban J connectivity index is 2.02. The topological polar surface area (TPSA) is 125 Å². The normalized spacial score (nSPS) is 15.9. The number of carboxylic acid groups (broad SMARTS) is 1. The molecule has 0 saturated heterocycles. The highest BCUT2D eigenvalue weighted by Gasteiger charge is 2.37. The highest BCUT2D eigenvalue weighted by Crippen LogP contribution is 2.47. The first-order valence-electron chi connectivity index (χ1n) is 7.63. The van der Waals surface area contributed by atoms with E-state index in [0.717, 1.165) is 4.88 Å². The first-order valence-corrected chi connectivity index (χ1v) is 8.51. The molecule has 0 spiro atoms. The minimum Gasteiger partial charge on any atom is -0.478 e. The molecular weight excluding hydrogens is 352 g/mol. The van der Waals surface area contributed by atoms with Gasteiger partial charge in [0.1, 0.15) is 11.6 Å². The maximum atomic E-state index is 11.7. The number of hydrogen-bond acceptors (Lipinski definition) is 6. The number of nitrogens with zero attached hydrogens (tertiary/aromatic N) is 2. The minimum absolute atomic E-state index is 0.0746. The van der Waals surface area contributed by atoms with Crippen molar-refractivity contribution in [2.75, 3.05) is 0 Å². The number of aromatic carboxylic acids is 1. The number of benzene rings is 1. The van der Waals surface area contributed by atoms with E-state index in [2.05, 4.69) is 16.3 Å². The number of carboxylic acids is 1. The number of nitriles is 1. The molecule has 3 aromatic rings. The molecule has 0 radical (unpaired) electrons. The zero-order chi connectivity index (χ0) is 18.3. The number of aromatic nitrogens is 2. The van der Waals surface area contributed by atoms with Crippen LogP contribution in [0, 0.1) is 11.3 Å². The molecule has 1 atom stereocenters. The molecule has 0 unspecified atom stereocenters. The average Bonchev–Trinajstić information content (AvgIpc) is 3.29. The standard InChI is InChI=1S/C18H12N4O3S/c19-8-11-13(9-4-1-2-5-10(9)18(23)24)14-15(12-6-3-7-26-12)21-22-17(14)25-16(11)20/h1-7,13H,20H2,(H,21,22)(H,23,24)/t13-/m1/s1. The second-order valence-electron chi connectivity index (χ2n) is 5.61. The number of nitrogens with two attached hydrogens (primary N) is 1. The van der Waals surface area contributed by atoms with Crippen LogP contribution in [0.3, 0.4) is 0 Å². The van der Waals surface area contributed by atoms with Gasteiger partial charge in [-0.2, -0.15) is 5.26 Å². The first kappa shape index (κ1) is 15.9. The summed E-state index contributed by atoms with van der Waals surface area (Å²) in [5, 5.41) is 28.3. The van der Waals surface area contributed by atoms with Gasteiger partial charge in [0.15, 0.2) is 0 Å². The minimum atomic E-state index is -1.08. The van der Waals surface area contributed by atoms with E-state index in [4.69, 9.17) is 10.5 Å². The van der Waals surface area contributed by atoms with E-state index in [0.29, 0.717) is 16.8 Å². The first-order chi connectivity index (χ1) is 12.6. The molecule has 0 bridgehead atoms. The van der Waals surface area contributed by atoms with Crippen LogP contribution in [0.4, 0.5) is 0 Å². The van der Waals surface area contributed by atoms with Gasteiger partial charge < -0.3 is 15.6 Å². The zero-order valence-electron chi connectivity index (χ0n) is 13.3. The second-order valence-corrected chi connectivity index (χ2v) is 6.56. The predicted octanol–water partition coefficient (Wildman–Crippen LogP) is 3.05. The van der Waals surface area contributed by atoms with Crippen molar-refractivity contribution in [2.24, 2.45) is 5.73 Å². The number of aromatic amines is 1. The quantitative estimate of drug-likeness (QED) is 0.656. The SMILES string of the molecule is N#CC1=C(N)Oc2n[nH]c(-c3cccs3)c2[C@@H]1c1ccccc1C(=O)O. The summed E-state index contributed by atoms with van der Waals surface area (Å²) < 4.78 is 5.52. The van der Waals surface area contributed by atoms with Gasteiger partial charge in [0.2, 0.25) is 11.8 Å². The van der Waals surface area contributed by atoms with Crippen molar-refractivity contribution >= 4 is 17.3 Å². The fourth-order valence-electron chi connectivity index (χ4n) is 3.11. The Labute approximate surface area is 152 Å². The zero-order valence-corrected chi connectivity index (χ0v) is 14.1. The van der Waals surface area contributed by atoms with Gasteiger partial charge in [0, 0.05) is 0 Å². The summed E-state index contributed by atoms with van der Waals surface area (Å²) in [5.41, 5.74) is 7.93. The molecule has 1 aliphatic rings. The number of carbonyl (C=O) groups is 1. The number of rotatable bonds is 3. The molecule has 1 aliphatic heterocycles. The van der Waals surface area contributed by atoms with Crippen molar-refractivity contribution < 1.29 is 14.6 Å². The lowest BCUT2D eigenvalue weighted by molar-refractivity contribution is 0.0695. The van der Waals surface area contributed by atoms with Crippen molar-refractivity contribution in [3.63, 3.8) is 0 Å². The van der Waals surface area contributed by atoms with Crippen molar-refractivity contribution in [1.82, 2.24) is 10.2 Å². The Morgan fingerprint density at radius 3 is 2.85 bits per heavy atom. The van der Waals surface area contributed by atoms with Gasteiger partial charge in [-0.3, -0.25) is 5.10 Å². The average molecular weight is 364 g/mol. The van der Waals surface area contributed by atoms with Gasteiger partial charge >= 0.3 is 5.97 Å². The summed E-state index contributed by atoms with van der Waals surface area (Å²) in [4.78, 5) is 12.6. The van der Waals surface area contributed by atoms with E-state index in [9.17, 15) is 15.2 Å². The van der Waals surface area contributed by atoms with Crippen molar-refractivity contribution in [1.29, 1.82) is 5.26 Å². The largest absolute Gasteiger partial charge is 0.478 e. The number of allylic oxidation sites excluding steroid dienone is 1. The van der Waals surface area contributed by atoms with Gasteiger partial charge in [-0.15, -0.1) is 16.4 Å². The van der Waals surface area contributed by atoms with E-state index < -0.39 is 11.9 Å². The Hall–Kier alpha value is -3.57. The maximum absolute atomic E-state index is 11.7. The lowest BCUT2D eigenvalue weighted by Crippen LogP contribution is -2.22. The highest BCUT2D eigenvalue weighted by molar-refractivity contribution is 7.13. The van der Waals surface area contributed by atoms with Crippen LogP contribution in [0.25, 0.3) is 10.6 Å². The molecule has 0 amide bonds. The second kappa shape index (κ2) is 6.06. The molecule has 26 heavy (non-hydrogen) atoms. The third-order valence-electron chi connectivity index (χ3n) is 4.21. The summed E-state index contributed by atoms with van der Waals surface area (Å²) in [5.74, 6) is -1.60. The lowest BCUT2D eigenvalue weighted by Gasteiger charge is -2.24. The number of hydrogen-bond donors (Lipinski definition) is 3. The fraction of sp³-hybridized carbons (Fsp3) is 0.0556. The lowest BCUT2D eigenvalue weighted by atomic mass is 9.81. The molecule has 128 valence electrons. The van der Waals surface area contributed by atoms with Gasteiger partial charge in [-0.05, 0) is 23.1 Å². The van der Waals surface area contributed by atoms with Crippen LogP contribution in [-0.2, 0) is 0 Å². The van der Waals surface area contributed by atoms with Gasteiger partial charge in [-0.1, -0.05) is 24.3 Å². The molecule has 3 heterocycles. The van der Waals surface area contributed by atoms with Crippen molar-refractivity contribution in [3.8, 4) is 22.5 Å². The molecule has 7 nitrogen and oxygen atoms in total. The summed E-state index contributed by atoms with van der Waals surface area (Å²) in [6.45, 7) is 0. The van der Waals surface area contributed by atoms with Crippen LogP contribution < -0.4 is 10.5 Å². The molecule has 0 fully saturated rings. The van der Waals surface area contributed by atoms with E-state index in [-0.39, 0.29) is 22.9 Å². The molecular formula is C18H12N4O3S. The molecule has 4 rings (SSSR count). The third-order valence-corrected chi connectivity index (χ3v) is 5.10. The number of ether oxygens (including phenoxy) is 1. The van der Waals surface area contributed by atoms with E-state index in [1.807, 2.05) is 17.5 Å². The van der Waals surface area contributed by atoms with Crippen LogP contribution >= 0.6 is 11.3 Å². The fourth-order valence-corrected chi connectivity index (χ4v) is 3.84. The highest BCUT2D eigenvalue weighted by atomic mass is 32.1. The summed E-state index contributed by atoms with van der Waals surface area (Å²) >= 11 is 1.50. The van der Waals surface area contributed by atoms with Gasteiger partial charge in [0.25, 0.3) is 0 Å². The molecule has 8 heteroatoms. The number of H-pyrrole nitrogens is 1. The summed E-state index contributed by atoms with van der Waals surface area (Å²) in [6, 6.07) is 12.4. The molecule has 0 aliphatic carbocycles. The van der Waals surface area contributed by atoms with Crippen LogP contribution in [0.1, 0.15) is 27.4 Å². The third kappa shape index (κ3) is 2.34. The predicted molar refractivity (Wildman–Crippen MR) is 94.6 cm³/mol. The number of nitrogens with one attached hydrogen (secondary N) is 1. The summed E-state index contributed by atoms with van der Waals surface area (Å²) in [6.07, 6.45) is 0. The van der Waals surface area contributed by atoms with E-state index >= 15 is 0 Å². The van der Waals surface area contributed by atoms with Gasteiger partial charge in [-0.25, -0.2) is 4.79 Å². The molecule has 2 aromatic heterocycles. The Morgan fingerprint density at radius 2 is 2.15 bits per heavy atom. The molecule has 1 aromatic carbocycles. The number of fused-ring (bicyclic) bond motifs is 1. The van der Waals surface area contributed by atoms with E-state index in [1.165, 1.54) is 17.4 Å². The Morgan fingerprint density at radius 1 is 1.35 bits per heavy atom. The summed E-state index contributed by atoms with van der Waals surface area (Å²) in [7, 11) is 0. The smallest absolute Gasteiger partial charge is 0.335 e. The van der Waals surface area contributed by atoms with Crippen LogP contribution in [0.2, 0.25) is 0 Å². The Bertz CT molecular complexity index is 1080. The molecule has 0 saturated carbocycles. The van der Waals surface area contributed by atoms with E-state index in [1.54, 1.807) is 18.2 Å². The Kier molecular flexibility index (Phi) is 3.71. The monoisotopic (exact) mass is 364 g/mol. The maximum Gasteiger partial charge on any atom is 0.335 e. The van der Waals surface area contributed by atoms with Crippen LogP contribution in [0.15, 0.2) is 53.2 Å². The van der Waals surface area contributed by atoms with Gasteiger partial charge in [0.05, 0.1) is 27.6 Å². The van der Waals surface area contributed by atoms with Crippen molar-refractivity contribution in [2.45, 2.75) is 5.92 Å². The molecule has 4 N–H and O–H groups in total. The number of thiophene rings is 1.